The van der Waals surface area contributed by atoms with E-state index in [0.717, 1.165) is 19.2 Å². The smallest absolute Gasteiger partial charge is 0.481 e. The zero-order chi connectivity index (χ0) is 18.0. The van der Waals surface area contributed by atoms with Gasteiger partial charge in [-0.2, -0.15) is 4.31 Å². The van der Waals surface area contributed by atoms with E-state index in [1.54, 1.807) is 0 Å². The lowest BCUT2D eigenvalue weighted by molar-refractivity contribution is -0.275. The third-order valence-corrected chi connectivity index (χ3v) is 4.64. The van der Waals surface area contributed by atoms with Gasteiger partial charge in [0.15, 0.2) is 11.6 Å². The summed E-state index contributed by atoms with van der Waals surface area (Å²) in [7, 11) is -3.54. The predicted molar refractivity (Wildman–Crippen MR) is 69.7 cm³/mol. The fraction of sp³-hybridized carbons (Fsp3) is 0.417. The van der Waals surface area contributed by atoms with Crippen molar-refractivity contribution in [1.82, 2.24) is 4.31 Å². The number of halogens is 4. The molecule has 0 saturated heterocycles. The molecular weight excluding hydrogens is 346 g/mol. The highest BCUT2D eigenvalue weighted by Gasteiger charge is 2.35. The fourth-order valence-electron chi connectivity index (χ4n) is 1.62. The van der Waals surface area contributed by atoms with Crippen molar-refractivity contribution in [2.75, 3.05) is 13.6 Å². The number of sulfonamides is 1. The Morgan fingerprint density at radius 3 is 2.43 bits per heavy atom. The Labute approximate surface area is 129 Å². The molecule has 0 aliphatic carbocycles. The number of aliphatic carboxylic acids is 1. The lowest BCUT2D eigenvalue weighted by Crippen LogP contribution is -2.34. The second-order valence-electron chi connectivity index (χ2n) is 4.64. The minimum absolute atomic E-state index is 0.485. The van der Waals surface area contributed by atoms with E-state index in [4.69, 9.17) is 5.11 Å². The first kappa shape index (κ1) is 19.2. The molecule has 0 aromatic heterocycles. The normalized spacial score (nSPS) is 13.9. The summed E-state index contributed by atoms with van der Waals surface area (Å²) in [6.45, 7) is 0.745. The van der Waals surface area contributed by atoms with Crippen molar-refractivity contribution in [2.45, 2.75) is 18.2 Å². The van der Waals surface area contributed by atoms with E-state index >= 15 is 0 Å². The highest BCUT2D eigenvalue weighted by atomic mass is 32.2. The topological polar surface area (TPSA) is 83.9 Å². The van der Waals surface area contributed by atoms with Gasteiger partial charge in [0.2, 0.25) is 10.0 Å². The van der Waals surface area contributed by atoms with Crippen molar-refractivity contribution >= 4 is 16.0 Å². The molecule has 11 heteroatoms. The molecule has 0 fully saturated rings. The number of hydrogen-bond acceptors (Lipinski definition) is 4. The van der Waals surface area contributed by atoms with E-state index in [1.807, 2.05) is 0 Å². The molecule has 6 nitrogen and oxygen atoms in total. The lowest BCUT2D eigenvalue weighted by Gasteiger charge is -2.20. The van der Waals surface area contributed by atoms with Crippen molar-refractivity contribution in [1.29, 1.82) is 0 Å². The van der Waals surface area contributed by atoms with E-state index in [1.165, 1.54) is 6.92 Å². The molecule has 1 aromatic carbocycles. The van der Waals surface area contributed by atoms with Crippen molar-refractivity contribution in [3.63, 3.8) is 0 Å². The molecular formula is C12H13F4NO5S. The Bertz CT molecular complexity index is 689. The maximum Gasteiger partial charge on any atom is 0.573 e. The summed E-state index contributed by atoms with van der Waals surface area (Å²) in [6.07, 6.45) is -5.19. The quantitative estimate of drug-likeness (QED) is 0.786. The second-order valence-corrected chi connectivity index (χ2v) is 6.65. The number of benzene rings is 1. The Morgan fingerprint density at radius 1 is 1.39 bits per heavy atom. The Hall–Kier alpha value is -1.88. The van der Waals surface area contributed by atoms with Gasteiger partial charge < -0.3 is 9.84 Å². The number of carboxylic acid groups (broad SMARTS) is 1. The maximum atomic E-state index is 14.0. The van der Waals surface area contributed by atoms with E-state index < -0.39 is 51.3 Å². The molecule has 0 radical (unpaired) electrons. The average molecular weight is 359 g/mol. The number of ether oxygens (including phenoxy) is 1. The maximum absolute atomic E-state index is 14.0. The molecule has 0 saturated carbocycles. The first-order valence-corrected chi connectivity index (χ1v) is 7.53. The van der Waals surface area contributed by atoms with Gasteiger partial charge in [-0.05, 0) is 12.1 Å². The highest BCUT2D eigenvalue weighted by molar-refractivity contribution is 7.89. The van der Waals surface area contributed by atoms with Crippen molar-refractivity contribution in [3.05, 3.63) is 24.0 Å². The van der Waals surface area contributed by atoms with Crippen molar-refractivity contribution in [3.8, 4) is 5.75 Å². The molecule has 1 rings (SSSR count). The van der Waals surface area contributed by atoms with Crippen LogP contribution in [0.4, 0.5) is 17.6 Å². The fourth-order valence-corrected chi connectivity index (χ4v) is 2.96. The van der Waals surface area contributed by atoms with Gasteiger partial charge in [0.1, 0.15) is 4.90 Å². The third kappa shape index (κ3) is 4.79. The van der Waals surface area contributed by atoms with Gasteiger partial charge in [0, 0.05) is 13.6 Å². The molecule has 0 aliphatic rings. The number of carbonyl (C=O) groups is 1. The molecule has 0 aliphatic heterocycles. The lowest BCUT2D eigenvalue weighted by atomic mass is 10.2. The second kappa shape index (κ2) is 6.71. The molecule has 130 valence electrons. The summed E-state index contributed by atoms with van der Waals surface area (Å²) in [5.41, 5.74) is 0. The zero-order valence-electron chi connectivity index (χ0n) is 12.0. The van der Waals surface area contributed by atoms with E-state index in [-0.39, 0.29) is 0 Å². The van der Waals surface area contributed by atoms with Crippen molar-refractivity contribution < 1.29 is 40.6 Å². The van der Waals surface area contributed by atoms with Gasteiger partial charge in [0.05, 0.1) is 5.92 Å². The Kier molecular flexibility index (Phi) is 5.59. The zero-order valence-corrected chi connectivity index (χ0v) is 12.8. The third-order valence-electron chi connectivity index (χ3n) is 2.79. The summed E-state index contributed by atoms with van der Waals surface area (Å²) in [5, 5.41) is 8.75. The van der Waals surface area contributed by atoms with Gasteiger partial charge in [-0.1, -0.05) is 13.0 Å². The van der Waals surface area contributed by atoms with Crippen LogP contribution in [0.15, 0.2) is 23.1 Å². The standard InChI is InChI=1S/C12H13F4NO5S/c1-7(11(18)19)6-17(2)23(20,21)9-5-3-4-8(10(9)13)22-12(14,15)16/h3-5,7H,6H2,1-2H3,(H,18,19). The van der Waals surface area contributed by atoms with E-state index in [9.17, 15) is 30.8 Å². The summed E-state index contributed by atoms with van der Waals surface area (Å²) in [4.78, 5) is 9.69. The van der Waals surface area contributed by atoms with Crippen LogP contribution >= 0.6 is 0 Å². The SMILES string of the molecule is CC(CN(C)S(=O)(=O)c1cccc(OC(F)(F)F)c1F)C(=O)O. The average Bonchev–Trinajstić information content (AvgIpc) is 2.39. The highest BCUT2D eigenvalue weighted by Crippen LogP contribution is 2.30. The summed E-state index contributed by atoms with van der Waals surface area (Å²) in [6, 6.07) is 2.27. The van der Waals surface area contributed by atoms with Crippen LogP contribution in [0.5, 0.6) is 5.75 Å². The largest absolute Gasteiger partial charge is 0.573 e. The Balaban J connectivity index is 3.19. The van der Waals surface area contributed by atoms with Gasteiger partial charge in [-0.15, -0.1) is 13.2 Å². The van der Waals surface area contributed by atoms with Crippen LogP contribution in [0.25, 0.3) is 0 Å². The summed E-state index contributed by atoms with van der Waals surface area (Å²) in [5.74, 6) is -5.37. The van der Waals surface area contributed by atoms with Crippen LogP contribution in [-0.4, -0.2) is 43.8 Å². The van der Waals surface area contributed by atoms with Crippen LogP contribution in [0, 0.1) is 11.7 Å². The molecule has 0 amide bonds. The van der Waals surface area contributed by atoms with E-state index in [0.29, 0.717) is 10.4 Å². The predicted octanol–water partition coefficient (Wildman–Crippen LogP) is 2.07. The molecule has 1 atom stereocenters. The molecule has 1 unspecified atom stereocenters. The summed E-state index contributed by atoms with van der Waals surface area (Å²) < 4.78 is 78.8. The summed E-state index contributed by atoms with van der Waals surface area (Å²) >= 11 is 0. The number of alkyl halides is 3. The van der Waals surface area contributed by atoms with Gasteiger partial charge in [-0.3, -0.25) is 4.79 Å². The van der Waals surface area contributed by atoms with Crippen molar-refractivity contribution in [2.24, 2.45) is 5.92 Å². The number of carboxylic acids is 1. The van der Waals surface area contributed by atoms with Crippen LogP contribution in [0.2, 0.25) is 0 Å². The van der Waals surface area contributed by atoms with E-state index in [2.05, 4.69) is 4.74 Å². The van der Waals surface area contributed by atoms with Crippen LogP contribution in [-0.2, 0) is 14.8 Å². The molecule has 1 aromatic rings. The first-order valence-electron chi connectivity index (χ1n) is 6.09. The minimum Gasteiger partial charge on any atom is -0.481 e. The minimum atomic E-state index is -5.19. The van der Waals surface area contributed by atoms with Crippen LogP contribution in [0.1, 0.15) is 6.92 Å². The monoisotopic (exact) mass is 359 g/mol. The number of hydrogen-bond donors (Lipinski definition) is 1. The molecule has 0 bridgehead atoms. The molecule has 23 heavy (non-hydrogen) atoms. The first-order chi connectivity index (χ1) is 10.4. The van der Waals surface area contributed by atoms with Gasteiger partial charge in [-0.25, -0.2) is 12.8 Å². The number of nitrogens with zero attached hydrogens (tertiary/aromatic N) is 1. The van der Waals surface area contributed by atoms with Gasteiger partial charge >= 0.3 is 12.3 Å². The van der Waals surface area contributed by atoms with Crippen LogP contribution in [0.3, 0.4) is 0 Å². The molecule has 0 heterocycles. The molecule has 1 N–H and O–H groups in total. The Morgan fingerprint density at radius 2 is 1.96 bits per heavy atom. The van der Waals surface area contributed by atoms with Crippen LogP contribution < -0.4 is 4.74 Å². The molecule has 0 spiro atoms. The van der Waals surface area contributed by atoms with Gasteiger partial charge in [0.25, 0.3) is 0 Å². The number of rotatable bonds is 6.